The average Bonchev–Trinajstić information content (AvgIpc) is 3.07. The van der Waals surface area contributed by atoms with Gasteiger partial charge in [-0.25, -0.2) is 0 Å². The zero-order valence-corrected chi connectivity index (χ0v) is 14.0. The van der Waals surface area contributed by atoms with Crippen LogP contribution in [0, 0.1) is 17.8 Å². The Balaban J connectivity index is 1.60. The third-order valence-corrected chi connectivity index (χ3v) is 6.08. The first-order valence-corrected chi connectivity index (χ1v) is 9.89. The molecule has 2 rings (SSSR count). The zero-order valence-electron chi connectivity index (χ0n) is 14.0. The van der Waals surface area contributed by atoms with Crippen LogP contribution in [0.1, 0.15) is 110 Å². The van der Waals surface area contributed by atoms with Gasteiger partial charge in [-0.2, -0.15) is 0 Å². The van der Waals surface area contributed by atoms with Crippen molar-refractivity contribution in [3.05, 3.63) is 0 Å². The van der Waals surface area contributed by atoms with Crippen molar-refractivity contribution in [1.29, 1.82) is 0 Å². The van der Waals surface area contributed by atoms with Crippen LogP contribution in [0.2, 0.25) is 0 Å². The third-order valence-electron chi connectivity index (χ3n) is 6.08. The molecule has 0 heterocycles. The maximum Gasteiger partial charge on any atom is -0.0355 e. The molecular formula is C20H38. The molecule has 0 N–H and O–H groups in total. The van der Waals surface area contributed by atoms with Crippen molar-refractivity contribution >= 4 is 0 Å². The highest BCUT2D eigenvalue weighted by atomic mass is 14.5. The van der Waals surface area contributed by atoms with Crippen LogP contribution in [0.5, 0.6) is 0 Å². The molecule has 0 saturated heterocycles. The molecule has 2 atom stereocenters. The van der Waals surface area contributed by atoms with E-state index in [0.29, 0.717) is 0 Å². The summed E-state index contributed by atoms with van der Waals surface area (Å²) in [5.41, 5.74) is 0. The molecule has 0 bridgehead atoms. The molecule has 2 saturated carbocycles. The first-order chi connectivity index (χ1) is 9.89. The van der Waals surface area contributed by atoms with Gasteiger partial charge in [-0.3, -0.25) is 0 Å². The molecule has 0 aliphatic heterocycles. The minimum absolute atomic E-state index is 1.07. The van der Waals surface area contributed by atoms with Crippen molar-refractivity contribution in [3.8, 4) is 0 Å². The van der Waals surface area contributed by atoms with Gasteiger partial charge in [0.1, 0.15) is 0 Å². The third kappa shape index (κ3) is 6.19. The summed E-state index contributed by atoms with van der Waals surface area (Å²) in [6.07, 6.45) is 24.2. The molecule has 0 nitrogen and oxygen atoms in total. The van der Waals surface area contributed by atoms with E-state index in [2.05, 4.69) is 6.92 Å². The lowest BCUT2D eigenvalue weighted by Gasteiger charge is -2.05. The van der Waals surface area contributed by atoms with Gasteiger partial charge in [0.05, 0.1) is 0 Å². The quantitative estimate of drug-likeness (QED) is 0.442. The minimum atomic E-state index is 1.07. The Morgan fingerprint density at radius 2 is 0.650 bits per heavy atom. The van der Waals surface area contributed by atoms with Crippen LogP contribution < -0.4 is 0 Å². The smallest absolute Gasteiger partial charge is 0.0355 e. The number of hydrogen-bond acceptors (Lipinski definition) is 0. The summed E-state index contributed by atoms with van der Waals surface area (Å²) in [6, 6.07) is 0. The van der Waals surface area contributed by atoms with Crippen molar-refractivity contribution in [3.63, 3.8) is 0 Å². The second kappa shape index (κ2) is 9.85. The molecule has 2 fully saturated rings. The van der Waals surface area contributed by atoms with Gasteiger partial charge in [-0.15, -0.1) is 0 Å². The highest BCUT2D eigenvalue weighted by molar-refractivity contribution is 4.93. The van der Waals surface area contributed by atoms with E-state index in [-0.39, 0.29) is 0 Å². The molecule has 2 aliphatic carbocycles. The maximum atomic E-state index is 2.51. The summed E-state index contributed by atoms with van der Waals surface area (Å²) in [5.74, 6) is 3.31. The Hall–Kier alpha value is 0. The predicted molar refractivity (Wildman–Crippen MR) is 90.0 cm³/mol. The number of rotatable bonds is 0. The molecule has 0 aromatic carbocycles. The first kappa shape index (κ1) is 16.4. The average molecular weight is 279 g/mol. The standard InChI is InChI=1S/C20H38/c1-18-19-16-14-12-10-8-6-4-2-3-5-7-9-11-13-15-17-20(18)19/h18-20H,2-17H2,1H3. The fraction of sp³-hybridized carbons (Fsp3) is 1.00. The molecular weight excluding hydrogens is 240 g/mol. The van der Waals surface area contributed by atoms with E-state index in [1.807, 2.05) is 0 Å². The van der Waals surface area contributed by atoms with Crippen LogP contribution in [-0.4, -0.2) is 0 Å². The summed E-state index contributed by atoms with van der Waals surface area (Å²) in [5, 5.41) is 0. The Labute approximate surface area is 128 Å². The van der Waals surface area contributed by atoms with Gasteiger partial charge in [0.25, 0.3) is 0 Å². The molecule has 0 aromatic rings. The summed E-state index contributed by atoms with van der Waals surface area (Å²) in [4.78, 5) is 0. The first-order valence-electron chi connectivity index (χ1n) is 9.89. The molecule has 0 amide bonds. The van der Waals surface area contributed by atoms with Gasteiger partial charge in [-0.1, -0.05) is 96.8 Å². The van der Waals surface area contributed by atoms with Crippen LogP contribution >= 0.6 is 0 Å². The van der Waals surface area contributed by atoms with Crippen LogP contribution in [0.3, 0.4) is 0 Å². The second-order valence-corrected chi connectivity index (χ2v) is 7.71. The van der Waals surface area contributed by atoms with Crippen LogP contribution in [0.15, 0.2) is 0 Å². The van der Waals surface area contributed by atoms with Gasteiger partial charge in [-0.05, 0) is 30.6 Å². The van der Waals surface area contributed by atoms with Gasteiger partial charge >= 0.3 is 0 Å². The van der Waals surface area contributed by atoms with Crippen LogP contribution in [0.25, 0.3) is 0 Å². The lowest BCUT2D eigenvalue weighted by atomic mass is 10.0. The van der Waals surface area contributed by atoms with Crippen LogP contribution in [0.4, 0.5) is 0 Å². The van der Waals surface area contributed by atoms with E-state index >= 15 is 0 Å². The maximum absolute atomic E-state index is 2.51. The van der Waals surface area contributed by atoms with Gasteiger partial charge in [0.15, 0.2) is 0 Å². The molecule has 0 aromatic heterocycles. The molecule has 2 aliphatic rings. The Morgan fingerprint density at radius 1 is 0.400 bits per heavy atom. The minimum Gasteiger partial charge on any atom is -0.0620 e. The molecule has 0 heteroatoms. The van der Waals surface area contributed by atoms with Crippen LogP contribution in [-0.2, 0) is 0 Å². The summed E-state index contributed by atoms with van der Waals surface area (Å²) in [6.45, 7) is 2.51. The summed E-state index contributed by atoms with van der Waals surface area (Å²) in [7, 11) is 0. The lowest BCUT2D eigenvalue weighted by molar-refractivity contribution is 0.495. The fourth-order valence-electron chi connectivity index (χ4n) is 4.47. The van der Waals surface area contributed by atoms with Crippen molar-refractivity contribution in [2.45, 2.75) is 110 Å². The van der Waals surface area contributed by atoms with Gasteiger partial charge in [0.2, 0.25) is 0 Å². The van der Waals surface area contributed by atoms with Crippen molar-refractivity contribution < 1.29 is 0 Å². The SMILES string of the molecule is CC1C2CCCCCCCCCCCCCCCCC12. The van der Waals surface area contributed by atoms with E-state index in [1.165, 1.54) is 89.9 Å². The Bertz CT molecular complexity index is 208. The van der Waals surface area contributed by atoms with Crippen molar-refractivity contribution in [2.75, 3.05) is 0 Å². The largest absolute Gasteiger partial charge is 0.0620 e. The number of fused-ring (bicyclic) bond motifs is 1. The monoisotopic (exact) mass is 278 g/mol. The van der Waals surface area contributed by atoms with Crippen molar-refractivity contribution in [2.24, 2.45) is 17.8 Å². The normalized spacial score (nSPS) is 35.5. The predicted octanol–water partition coefficient (Wildman–Crippen LogP) is 7.12. The Morgan fingerprint density at radius 3 is 0.950 bits per heavy atom. The lowest BCUT2D eigenvalue weighted by Crippen LogP contribution is -1.88. The van der Waals surface area contributed by atoms with E-state index in [4.69, 9.17) is 0 Å². The highest BCUT2D eigenvalue weighted by Crippen LogP contribution is 2.51. The van der Waals surface area contributed by atoms with E-state index in [1.54, 1.807) is 12.8 Å². The molecule has 0 radical (unpaired) electrons. The van der Waals surface area contributed by atoms with Gasteiger partial charge < -0.3 is 0 Å². The molecule has 0 spiro atoms. The fourth-order valence-corrected chi connectivity index (χ4v) is 4.47. The second-order valence-electron chi connectivity index (χ2n) is 7.71. The zero-order chi connectivity index (χ0) is 14.0. The molecule has 20 heavy (non-hydrogen) atoms. The van der Waals surface area contributed by atoms with E-state index in [9.17, 15) is 0 Å². The molecule has 2 unspecified atom stereocenters. The van der Waals surface area contributed by atoms with E-state index in [0.717, 1.165) is 17.8 Å². The Kier molecular flexibility index (Phi) is 8.06. The highest BCUT2D eigenvalue weighted by Gasteiger charge is 2.44. The number of hydrogen-bond donors (Lipinski definition) is 0. The van der Waals surface area contributed by atoms with Gasteiger partial charge in [0, 0.05) is 0 Å². The topological polar surface area (TPSA) is 0 Å². The summed E-state index contributed by atoms with van der Waals surface area (Å²) >= 11 is 0. The summed E-state index contributed by atoms with van der Waals surface area (Å²) < 4.78 is 0. The van der Waals surface area contributed by atoms with Crippen molar-refractivity contribution in [1.82, 2.24) is 0 Å². The van der Waals surface area contributed by atoms with E-state index < -0.39 is 0 Å². The molecule has 118 valence electrons.